The summed E-state index contributed by atoms with van der Waals surface area (Å²) in [6.07, 6.45) is 0.469. The second kappa shape index (κ2) is 6.41. The minimum Gasteiger partial charge on any atom is -0.481 e. The van der Waals surface area contributed by atoms with Gasteiger partial charge in [-0.1, -0.05) is 18.2 Å². The van der Waals surface area contributed by atoms with Crippen LogP contribution in [0.2, 0.25) is 0 Å². The third-order valence-corrected chi connectivity index (χ3v) is 3.56. The summed E-state index contributed by atoms with van der Waals surface area (Å²) in [5.41, 5.74) is 0. The fourth-order valence-corrected chi connectivity index (χ4v) is 2.36. The molecule has 1 amide bonds. The SMILES string of the molecule is CC(Oc1ccccc1)C(=O)N1CCC(C(=O)O)CC1. The molecular formula is C15H19NO4. The Labute approximate surface area is 118 Å². The van der Waals surface area contributed by atoms with Gasteiger partial charge in [-0.05, 0) is 31.9 Å². The fraction of sp³-hybridized carbons (Fsp3) is 0.467. The lowest BCUT2D eigenvalue weighted by atomic mass is 9.97. The molecule has 0 aliphatic carbocycles. The minimum atomic E-state index is -0.773. The molecule has 1 saturated heterocycles. The number of amides is 1. The minimum absolute atomic E-state index is 0.0855. The Morgan fingerprint density at radius 3 is 2.40 bits per heavy atom. The van der Waals surface area contributed by atoms with E-state index >= 15 is 0 Å². The quantitative estimate of drug-likeness (QED) is 0.911. The number of carboxylic acids is 1. The van der Waals surface area contributed by atoms with Gasteiger partial charge in [0.25, 0.3) is 5.91 Å². The second-order valence-corrected chi connectivity index (χ2v) is 5.01. The summed E-state index contributed by atoms with van der Waals surface area (Å²) in [6, 6.07) is 9.20. The monoisotopic (exact) mass is 277 g/mol. The van der Waals surface area contributed by atoms with Crippen LogP contribution < -0.4 is 4.74 Å². The standard InChI is InChI=1S/C15H19NO4/c1-11(20-13-5-3-2-4-6-13)14(17)16-9-7-12(8-10-16)15(18)19/h2-6,11-12H,7-10H2,1H3,(H,18,19). The van der Waals surface area contributed by atoms with Crippen LogP contribution in [-0.2, 0) is 9.59 Å². The molecule has 1 atom stereocenters. The van der Waals surface area contributed by atoms with Crippen molar-refractivity contribution < 1.29 is 19.4 Å². The fourth-order valence-electron chi connectivity index (χ4n) is 2.36. The van der Waals surface area contributed by atoms with Gasteiger partial charge >= 0.3 is 5.97 Å². The molecule has 1 unspecified atom stereocenters. The molecule has 0 spiro atoms. The van der Waals surface area contributed by atoms with Gasteiger partial charge in [-0.2, -0.15) is 0 Å². The molecule has 1 aromatic carbocycles. The molecule has 20 heavy (non-hydrogen) atoms. The number of benzene rings is 1. The first-order valence-electron chi connectivity index (χ1n) is 6.81. The van der Waals surface area contributed by atoms with E-state index in [1.54, 1.807) is 24.0 Å². The van der Waals surface area contributed by atoms with Gasteiger partial charge < -0.3 is 14.7 Å². The van der Waals surface area contributed by atoms with Gasteiger partial charge in [-0.15, -0.1) is 0 Å². The lowest BCUT2D eigenvalue weighted by molar-refractivity contribution is -0.147. The number of hydrogen-bond donors (Lipinski definition) is 1. The lowest BCUT2D eigenvalue weighted by Crippen LogP contribution is -2.45. The van der Waals surface area contributed by atoms with Gasteiger partial charge in [0.05, 0.1) is 5.92 Å². The van der Waals surface area contributed by atoms with Crippen molar-refractivity contribution in [1.82, 2.24) is 4.90 Å². The molecule has 2 rings (SSSR count). The molecule has 5 heteroatoms. The third kappa shape index (κ3) is 3.50. The second-order valence-electron chi connectivity index (χ2n) is 5.01. The summed E-state index contributed by atoms with van der Waals surface area (Å²) >= 11 is 0. The number of hydrogen-bond acceptors (Lipinski definition) is 3. The van der Waals surface area contributed by atoms with Gasteiger partial charge in [-0.3, -0.25) is 9.59 Å². The molecule has 0 aromatic heterocycles. The highest BCUT2D eigenvalue weighted by atomic mass is 16.5. The number of nitrogens with zero attached hydrogens (tertiary/aromatic N) is 1. The zero-order valence-electron chi connectivity index (χ0n) is 11.5. The first-order chi connectivity index (χ1) is 9.58. The van der Waals surface area contributed by atoms with Crippen molar-refractivity contribution in [3.05, 3.63) is 30.3 Å². The maximum atomic E-state index is 12.2. The summed E-state index contributed by atoms with van der Waals surface area (Å²) in [5.74, 6) is -0.526. The smallest absolute Gasteiger partial charge is 0.306 e. The maximum Gasteiger partial charge on any atom is 0.306 e. The lowest BCUT2D eigenvalue weighted by Gasteiger charge is -2.31. The van der Waals surface area contributed by atoms with Crippen molar-refractivity contribution in [2.75, 3.05) is 13.1 Å². The van der Waals surface area contributed by atoms with Crippen LogP contribution in [0.3, 0.4) is 0 Å². The topological polar surface area (TPSA) is 66.8 Å². The van der Waals surface area contributed by atoms with Crippen molar-refractivity contribution in [2.24, 2.45) is 5.92 Å². The van der Waals surface area contributed by atoms with Crippen LogP contribution >= 0.6 is 0 Å². The Bertz CT molecular complexity index is 466. The zero-order valence-corrected chi connectivity index (χ0v) is 11.5. The van der Waals surface area contributed by atoms with E-state index in [0.29, 0.717) is 31.7 Å². The summed E-state index contributed by atoms with van der Waals surface area (Å²) in [7, 11) is 0. The average molecular weight is 277 g/mol. The van der Waals surface area contributed by atoms with Gasteiger partial charge in [0.15, 0.2) is 6.10 Å². The number of carboxylic acid groups (broad SMARTS) is 1. The highest BCUT2D eigenvalue weighted by Crippen LogP contribution is 2.19. The molecule has 1 aliphatic rings. The Balaban J connectivity index is 1.87. The predicted octanol–water partition coefficient (Wildman–Crippen LogP) is 1.78. The highest BCUT2D eigenvalue weighted by molar-refractivity contribution is 5.81. The van der Waals surface area contributed by atoms with Crippen LogP contribution in [0.5, 0.6) is 5.75 Å². The Morgan fingerprint density at radius 2 is 1.85 bits per heavy atom. The number of likely N-dealkylation sites (tertiary alicyclic amines) is 1. The van der Waals surface area contributed by atoms with E-state index in [4.69, 9.17) is 9.84 Å². The number of para-hydroxylation sites is 1. The predicted molar refractivity (Wildman–Crippen MR) is 73.5 cm³/mol. The molecule has 1 heterocycles. The van der Waals surface area contributed by atoms with Gasteiger partial charge in [0, 0.05) is 13.1 Å². The first-order valence-corrected chi connectivity index (χ1v) is 6.81. The Hall–Kier alpha value is -2.04. The van der Waals surface area contributed by atoms with E-state index < -0.39 is 12.1 Å². The summed E-state index contributed by atoms with van der Waals surface area (Å²) in [6.45, 7) is 2.69. The van der Waals surface area contributed by atoms with E-state index in [1.165, 1.54) is 0 Å². The van der Waals surface area contributed by atoms with Crippen molar-refractivity contribution in [1.29, 1.82) is 0 Å². The molecule has 1 N–H and O–H groups in total. The number of aliphatic carboxylic acids is 1. The molecule has 0 saturated carbocycles. The molecule has 1 aromatic rings. The molecule has 108 valence electrons. The van der Waals surface area contributed by atoms with Crippen LogP contribution in [0, 0.1) is 5.92 Å². The molecular weight excluding hydrogens is 258 g/mol. The number of ether oxygens (including phenoxy) is 1. The van der Waals surface area contributed by atoms with Crippen LogP contribution in [0.15, 0.2) is 30.3 Å². The van der Waals surface area contributed by atoms with Gasteiger partial charge in [0.2, 0.25) is 0 Å². The van der Waals surface area contributed by atoms with Crippen LogP contribution in [0.25, 0.3) is 0 Å². The summed E-state index contributed by atoms with van der Waals surface area (Å²) in [4.78, 5) is 24.8. The Kier molecular flexibility index (Phi) is 4.61. The van der Waals surface area contributed by atoms with Crippen LogP contribution in [0.1, 0.15) is 19.8 Å². The van der Waals surface area contributed by atoms with Gasteiger partial charge in [-0.25, -0.2) is 0 Å². The number of piperidine rings is 1. The highest BCUT2D eigenvalue weighted by Gasteiger charge is 2.29. The first kappa shape index (κ1) is 14.4. The van der Waals surface area contributed by atoms with Gasteiger partial charge in [0.1, 0.15) is 5.75 Å². The molecule has 1 fully saturated rings. The third-order valence-electron chi connectivity index (χ3n) is 3.56. The van der Waals surface area contributed by atoms with E-state index in [-0.39, 0.29) is 11.8 Å². The van der Waals surface area contributed by atoms with Crippen LogP contribution in [0.4, 0.5) is 0 Å². The van der Waals surface area contributed by atoms with Crippen molar-refractivity contribution in [3.63, 3.8) is 0 Å². The molecule has 1 aliphatic heterocycles. The van der Waals surface area contributed by atoms with E-state index in [9.17, 15) is 9.59 Å². The number of carbonyl (C=O) groups is 2. The van der Waals surface area contributed by atoms with Crippen LogP contribution in [-0.4, -0.2) is 41.1 Å². The van der Waals surface area contributed by atoms with E-state index in [2.05, 4.69) is 0 Å². The normalized spacial score (nSPS) is 17.6. The molecule has 0 bridgehead atoms. The zero-order chi connectivity index (χ0) is 14.5. The van der Waals surface area contributed by atoms with E-state index in [0.717, 1.165) is 0 Å². The molecule has 0 radical (unpaired) electrons. The maximum absolute atomic E-state index is 12.2. The largest absolute Gasteiger partial charge is 0.481 e. The Morgan fingerprint density at radius 1 is 1.25 bits per heavy atom. The average Bonchev–Trinajstić information content (AvgIpc) is 2.47. The van der Waals surface area contributed by atoms with Crippen molar-refractivity contribution in [2.45, 2.75) is 25.9 Å². The van der Waals surface area contributed by atoms with Crippen molar-refractivity contribution in [3.8, 4) is 5.75 Å². The molecule has 5 nitrogen and oxygen atoms in total. The summed E-state index contributed by atoms with van der Waals surface area (Å²) < 4.78 is 5.60. The summed E-state index contributed by atoms with van der Waals surface area (Å²) in [5, 5.41) is 8.94. The van der Waals surface area contributed by atoms with Crippen molar-refractivity contribution >= 4 is 11.9 Å². The number of carbonyl (C=O) groups excluding carboxylic acids is 1. The van der Waals surface area contributed by atoms with E-state index in [1.807, 2.05) is 18.2 Å². The number of rotatable bonds is 4.